The quantitative estimate of drug-likeness (QED) is 0.306. The van der Waals surface area contributed by atoms with E-state index in [0.29, 0.717) is 12.8 Å². The van der Waals surface area contributed by atoms with Crippen molar-refractivity contribution in [3.05, 3.63) is 12.2 Å². The Balaban J connectivity index is 1.93. The number of hydrogen-bond donors (Lipinski definition) is 0. The van der Waals surface area contributed by atoms with Gasteiger partial charge in [0.15, 0.2) is 5.78 Å². The number of Topliss-reactive ketones (excluding diaryl/α,β-unsaturated/α-hetero) is 1. The van der Waals surface area contributed by atoms with Gasteiger partial charge in [0.2, 0.25) is 0 Å². The Morgan fingerprint density at radius 2 is 1.49 bits per heavy atom. The maximum atomic E-state index is 14.3. The molecule has 37 heavy (non-hydrogen) atoms. The van der Waals surface area contributed by atoms with Crippen LogP contribution in [0.4, 0.5) is 0 Å². The molecule has 0 aliphatic heterocycles. The van der Waals surface area contributed by atoms with E-state index in [-0.39, 0.29) is 29.9 Å². The molecule has 0 saturated heterocycles. The van der Waals surface area contributed by atoms with Gasteiger partial charge in [-0.1, -0.05) is 26.8 Å². The summed E-state index contributed by atoms with van der Waals surface area (Å²) in [4.78, 5) is 62.9. The van der Waals surface area contributed by atoms with Gasteiger partial charge in [-0.25, -0.2) is 0 Å². The summed E-state index contributed by atoms with van der Waals surface area (Å²) >= 11 is 0. The van der Waals surface area contributed by atoms with Gasteiger partial charge < -0.3 is 18.9 Å². The minimum absolute atomic E-state index is 0.0813. The number of esters is 4. The zero-order chi connectivity index (χ0) is 27.5. The molecule has 4 saturated carbocycles. The van der Waals surface area contributed by atoms with Crippen molar-refractivity contribution < 1.29 is 42.9 Å². The molecule has 2 bridgehead atoms. The second-order valence-corrected chi connectivity index (χ2v) is 12.0. The molecule has 9 heteroatoms. The fourth-order valence-electron chi connectivity index (χ4n) is 8.62. The van der Waals surface area contributed by atoms with Crippen molar-refractivity contribution in [3.63, 3.8) is 0 Å². The summed E-state index contributed by atoms with van der Waals surface area (Å²) in [6.45, 7) is 13.7. The van der Waals surface area contributed by atoms with Crippen molar-refractivity contribution in [3.8, 4) is 0 Å². The van der Waals surface area contributed by atoms with Crippen molar-refractivity contribution in [1.82, 2.24) is 0 Å². The van der Waals surface area contributed by atoms with Gasteiger partial charge in [0.05, 0.1) is 12.5 Å². The van der Waals surface area contributed by atoms with E-state index in [4.69, 9.17) is 18.9 Å². The van der Waals surface area contributed by atoms with E-state index < -0.39 is 64.3 Å². The van der Waals surface area contributed by atoms with Crippen LogP contribution in [0.5, 0.6) is 0 Å². The molecule has 0 N–H and O–H groups in total. The molecule has 0 aromatic rings. The van der Waals surface area contributed by atoms with Gasteiger partial charge in [-0.15, -0.1) is 0 Å². The number of hydrogen-bond acceptors (Lipinski definition) is 9. The van der Waals surface area contributed by atoms with Crippen LogP contribution in [-0.2, 0) is 42.9 Å². The van der Waals surface area contributed by atoms with Crippen LogP contribution in [0.3, 0.4) is 0 Å². The topological polar surface area (TPSA) is 122 Å². The molecule has 0 aromatic heterocycles. The predicted octanol–water partition coefficient (Wildman–Crippen LogP) is 3.32. The summed E-state index contributed by atoms with van der Waals surface area (Å²) in [5.41, 5.74) is -2.01. The summed E-state index contributed by atoms with van der Waals surface area (Å²) < 4.78 is 23.1. The standard InChI is InChI=1S/C28H38O9/c1-14-23-19(35-16(3)30)11-21-27(7)10-8-9-26(6,13-34-15(2)29)20(27)12-22(36-17(4)31)28(21,24(14)33)25(23)37-18(5)32/h19-23,25H,1,8-13H2,2-7H3/t19-,20?,21?,22?,23?,25-,26+,27+,28?/m0/s1. The van der Waals surface area contributed by atoms with Crippen LogP contribution < -0.4 is 0 Å². The van der Waals surface area contributed by atoms with Gasteiger partial charge in [-0.3, -0.25) is 24.0 Å². The maximum Gasteiger partial charge on any atom is 0.302 e. The monoisotopic (exact) mass is 518 g/mol. The van der Waals surface area contributed by atoms with E-state index in [0.717, 1.165) is 19.3 Å². The summed E-state index contributed by atoms with van der Waals surface area (Å²) in [6, 6.07) is 0. The molecular weight excluding hydrogens is 480 g/mol. The lowest BCUT2D eigenvalue weighted by Gasteiger charge is -2.66. The Kier molecular flexibility index (Phi) is 6.82. The van der Waals surface area contributed by atoms with E-state index in [1.807, 2.05) is 0 Å². The van der Waals surface area contributed by atoms with Crippen molar-refractivity contribution in [2.45, 2.75) is 92.0 Å². The zero-order valence-corrected chi connectivity index (χ0v) is 22.6. The van der Waals surface area contributed by atoms with E-state index in [2.05, 4.69) is 20.4 Å². The fraction of sp³-hybridized carbons (Fsp3) is 0.750. The largest absolute Gasteiger partial charge is 0.465 e. The number of ketones is 1. The highest BCUT2D eigenvalue weighted by Crippen LogP contribution is 2.72. The van der Waals surface area contributed by atoms with Crippen LogP contribution in [0.2, 0.25) is 0 Å². The van der Waals surface area contributed by atoms with Crippen LogP contribution in [0.15, 0.2) is 12.2 Å². The average molecular weight is 519 g/mol. The van der Waals surface area contributed by atoms with Crippen molar-refractivity contribution in [2.75, 3.05) is 6.61 Å². The molecule has 4 aliphatic carbocycles. The Hall–Kier alpha value is -2.71. The highest BCUT2D eigenvalue weighted by Gasteiger charge is 2.78. The van der Waals surface area contributed by atoms with Crippen LogP contribution in [-0.4, -0.2) is 54.6 Å². The van der Waals surface area contributed by atoms with Crippen LogP contribution in [0.25, 0.3) is 0 Å². The Labute approximate surface area is 217 Å². The second-order valence-electron chi connectivity index (χ2n) is 12.0. The summed E-state index contributed by atoms with van der Waals surface area (Å²) in [6.07, 6.45) is 0.552. The third-order valence-electron chi connectivity index (χ3n) is 9.73. The molecule has 0 aromatic carbocycles. The van der Waals surface area contributed by atoms with Gasteiger partial charge >= 0.3 is 23.9 Å². The first-order chi connectivity index (χ1) is 17.2. The number of ether oxygens (including phenoxy) is 4. The molecule has 0 heterocycles. The predicted molar refractivity (Wildman–Crippen MR) is 130 cm³/mol. The van der Waals surface area contributed by atoms with E-state index >= 15 is 0 Å². The maximum absolute atomic E-state index is 14.3. The Morgan fingerprint density at radius 3 is 2.05 bits per heavy atom. The lowest BCUT2D eigenvalue weighted by molar-refractivity contribution is -0.254. The Bertz CT molecular complexity index is 1050. The summed E-state index contributed by atoms with van der Waals surface area (Å²) in [5.74, 6) is -3.50. The van der Waals surface area contributed by atoms with Crippen LogP contribution in [0, 0.1) is 34.0 Å². The molecule has 0 radical (unpaired) electrons. The minimum Gasteiger partial charge on any atom is -0.465 e. The van der Waals surface area contributed by atoms with Crippen molar-refractivity contribution >= 4 is 29.7 Å². The van der Waals surface area contributed by atoms with Gasteiger partial charge in [0, 0.05) is 33.1 Å². The molecule has 4 rings (SSSR count). The van der Waals surface area contributed by atoms with Crippen LogP contribution in [0.1, 0.15) is 73.6 Å². The van der Waals surface area contributed by atoms with Gasteiger partial charge in [0.1, 0.15) is 23.7 Å². The fourth-order valence-corrected chi connectivity index (χ4v) is 8.62. The molecule has 4 aliphatic rings. The molecule has 4 fully saturated rings. The molecule has 204 valence electrons. The minimum atomic E-state index is -1.33. The molecule has 9 atom stereocenters. The lowest BCUT2D eigenvalue weighted by Crippen LogP contribution is -2.70. The highest BCUT2D eigenvalue weighted by molar-refractivity contribution is 6.05. The third kappa shape index (κ3) is 4.09. The normalized spacial score (nSPS) is 42.2. The molecule has 5 unspecified atom stereocenters. The SMILES string of the molecule is C=C1C(=O)C23C(OC(C)=O)CC4[C@@](C)(COC(C)=O)CCC[C@@]4(C)C2C[C@H](OC(C)=O)C1[C@@H]3OC(C)=O. The number of fused-ring (bicyclic) bond motifs is 3. The number of carbonyl (C=O) groups excluding carboxylic acids is 5. The highest BCUT2D eigenvalue weighted by atomic mass is 16.6. The molecule has 0 amide bonds. The number of rotatable bonds is 5. The zero-order valence-electron chi connectivity index (χ0n) is 22.6. The van der Waals surface area contributed by atoms with Gasteiger partial charge in [-0.05, 0) is 48.5 Å². The first kappa shape index (κ1) is 27.3. The summed E-state index contributed by atoms with van der Waals surface area (Å²) in [7, 11) is 0. The van der Waals surface area contributed by atoms with E-state index in [1.165, 1.54) is 27.7 Å². The second kappa shape index (κ2) is 9.24. The Morgan fingerprint density at radius 1 is 0.865 bits per heavy atom. The van der Waals surface area contributed by atoms with Crippen LogP contribution >= 0.6 is 0 Å². The lowest BCUT2D eigenvalue weighted by atomic mass is 9.39. The van der Waals surface area contributed by atoms with E-state index in [1.54, 1.807) is 0 Å². The number of carbonyl (C=O) groups is 5. The molecule has 9 nitrogen and oxygen atoms in total. The van der Waals surface area contributed by atoms with Gasteiger partial charge in [-0.2, -0.15) is 0 Å². The van der Waals surface area contributed by atoms with Crippen molar-refractivity contribution in [1.29, 1.82) is 0 Å². The molecule has 1 spiro atoms. The van der Waals surface area contributed by atoms with Gasteiger partial charge in [0.25, 0.3) is 0 Å². The van der Waals surface area contributed by atoms with E-state index in [9.17, 15) is 24.0 Å². The van der Waals surface area contributed by atoms with Crippen molar-refractivity contribution in [2.24, 2.45) is 34.0 Å². The summed E-state index contributed by atoms with van der Waals surface area (Å²) in [5, 5.41) is 0. The molecular formula is C28H38O9. The first-order valence-electron chi connectivity index (χ1n) is 13.1. The first-order valence-corrected chi connectivity index (χ1v) is 13.1. The third-order valence-corrected chi connectivity index (χ3v) is 9.73. The smallest absolute Gasteiger partial charge is 0.302 e. The average Bonchev–Trinajstić information content (AvgIpc) is 2.91.